The van der Waals surface area contributed by atoms with Gasteiger partial charge >= 0.3 is 5.69 Å². The lowest BCUT2D eigenvalue weighted by atomic mass is 10.0. The minimum absolute atomic E-state index is 0.0957. The van der Waals surface area contributed by atoms with Gasteiger partial charge in [-0.05, 0) is 17.7 Å². The molecule has 0 unspecified atom stereocenters. The van der Waals surface area contributed by atoms with E-state index in [1.54, 1.807) is 24.3 Å². The third-order valence-electron chi connectivity index (χ3n) is 5.09. The average molecular weight is 438 g/mol. The molecule has 2 aromatic carbocycles. The van der Waals surface area contributed by atoms with Crippen molar-refractivity contribution in [3.8, 4) is 0 Å². The zero-order valence-electron chi connectivity index (χ0n) is 17.7. The van der Waals surface area contributed by atoms with Crippen LogP contribution in [0.1, 0.15) is 21.6 Å². The van der Waals surface area contributed by atoms with Crippen molar-refractivity contribution >= 4 is 11.8 Å². The van der Waals surface area contributed by atoms with Crippen LogP contribution in [0.2, 0.25) is 0 Å². The zero-order valence-corrected chi connectivity index (χ0v) is 17.7. The molecular formula is C23H23FN4O4. The largest absolute Gasteiger partial charge is 0.349 e. The van der Waals surface area contributed by atoms with Crippen LogP contribution in [-0.4, -0.2) is 27.0 Å². The smallest absolute Gasteiger partial charge is 0.330 e. The molecule has 0 radical (unpaired) electrons. The summed E-state index contributed by atoms with van der Waals surface area (Å²) in [6.45, 7) is -0.0957. The number of nitrogens with zero attached hydrogens (tertiary/aromatic N) is 2. The fourth-order valence-corrected chi connectivity index (χ4v) is 3.19. The lowest BCUT2D eigenvalue weighted by Gasteiger charge is -2.19. The lowest BCUT2D eigenvalue weighted by molar-refractivity contribution is -0.123. The maximum atomic E-state index is 14.0. The minimum atomic E-state index is -1.01. The first-order chi connectivity index (χ1) is 15.3. The molecule has 0 fully saturated rings. The number of aromatic nitrogens is 2. The Balaban J connectivity index is 1.80. The van der Waals surface area contributed by atoms with Crippen molar-refractivity contribution in [1.29, 1.82) is 0 Å². The molecule has 32 heavy (non-hydrogen) atoms. The molecule has 1 atom stereocenters. The van der Waals surface area contributed by atoms with Crippen molar-refractivity contribution in [2.75, 3.05) is 0 Å². The van der Waals surface area contributed by atoms with Gasteiger partial charge in [0, 0.05) is 32.3 Å². The van der Waals surface area contributed by atoms with Gasteiger partial charge in [-0.2, -0.15) is 0 Å². The molecule has 3 rings (SSSR count). The Morgan fingerprint density at radius 3 is 2.31 bits per heavy atom. The van der Waals surface area contributed by atoms with Gasteiger partial charge in [-0.1, -0.05) is 42.5 Å². The molecule has 0 saturated heterocycles. The maximum absolute atomic E-state index is 14.0. The van der Waals surface area contributed by atoms with Gasteiger partial charge in [0.05, 0.1) is 12.1 Å². The van der Waals surface area contributed by atoms with E-state index in [9.17, 15) is 23.6 Å². The molecule has 0 aliphatic rings. The molecule has 0 bridgehead atoms. The fourth-order valence-electron chi connectivity index (χ4n) is 3.19. The molecule has 166 valence electrons. The molecule has 8 nitrogen and oxygen atoms in total. The fraction of sp³-hybridized carbons (Fsp3) is 0.217. The van der Waals surface area contributed by atoms with E-state index in [4.69, 9.17) is 0 Å². The van der Waals surface area contributed by atoms with Gasteiger partial charge < -0.3 is 10.6 Å². The highest BCUT2D eigenvalue weighted by molar-refractivity contribution is 5.97. The average Bonchev–Trinajstić information content (AvgIpc) is 2.79. The number of amides is 2. The summed E-state index contributed by atoms with van der Waals surface area (Å²) in [6.07, 6.45) is 0.169. The van der Waals surface area contributed by atoms with Crippen molar-refractivity contribution in [3.63, 3.8) is 0 Å². The summed E-state index contributed by atoms with van der Waals surface area (Å²) < 4.78 is 16.2. The summed E-state index contributed by atoms with van der Waals surface area (Å²) in [5.74, 6) is -1.95. The van der Waals surface area contributed by atoms with Crippen LogP contribution in [0.15, 0.2) is 70.3 Å². The van der Waals surface area contributed by atoms with Gasteiger partial charge in [-0.25, -0.2) is 9.18 Å². The van der Waals surface area contributed by atoms with Crippen LogP contribution < -0.4 is 21.9 Å². The van der Waals surface area contributed by atoms with Crippen LogP contribution >= 0.6 is 0 Å². The first-order valence-electron chi connectivity index (χ1n) is 9.91. The molecule has 0 aliphatic carbocycles. The Kier molecular flexibility index (Phi) is 6.99. The first kappa shape index (κ1) is 22.7. The molecular weight excluding hydrogens is 415 g/mol. The van der Waals surface area contributed by atoms with E-state index in [1.165, 1.54) is 42.9 Å². The van der Waals surface area contributed by atoms with Gasteiger partial charge in [0.1, 0.15) is 11.9 Å². The highest BCUT2D eigenvalue weighted by atomic mass is 19.1. The lowest BCUT2D eigenvalue weighted by Crippen LogP contribution is -2.48. The minimum Gasteiger partial charge on any atom is -0.349 e. The summed E-state index contributed by atoms with van der Waals surface area (Å²) in [6, 6.07) is 14.8. The van der Waals surface area contributed by atoms with Crippen LogP contribution in [-0.2, 0) is 31.9 Å². The molecule has 0 spiro atoms. The van der Waals surface area contributed by atoms with E-state index >= 15 is 0 Å². The third-order valence-corrected chi connectivity index (χ3v) is 5.09. The second-order valence-corrected chi connectivity index (χ2v) is 7.29. The number of halogens is 1. The number of hydrogen-bond acceptors (Lipinski definition) is 4. The Labute approximate surface area is 183 Å². The Hall–Kier alpha value is -4.01. The Bertz CT molecular complexity index is 1250. The number of nitrogens with one attached hydrogen (secondary N) is 2. The van der Waals surface area contributed by atoms with Crippen LogP contribution in [0.5, 0.6) is 0 Å². The van der Waals surface area contributed by atoms with Crippen molar-refractivity contribution in [3.05, 3.63) is 104 Å². The summed E-state index contributed by atoms with van der Waals surface area (Å²) >= 11 is 0. The van der Waals surface area contributed by atoms with E-state index in [-0.39, 0.29) is 18.5 Å². The van der Waals surface area contributed by atoms with Crippen molar-refractivity contribution in [2.45, 2.75) is 19.0 Å². The maximum Gasteiger partial charge on any atom is 0.330 e. The van der Waals surface area contributed by atoms with E-state index in [1.807, 2.05) is 6.07 Å². The third kappa shape index (κ3) is 5.18. The highest BCUT2D eigenvalue weighted by Gasteiger charge is 2.23. The second-order valence-electron chi connectivity index (χ2n) is 7.29. The van der Waals surface area contributed by atoms with Crippen molar-refractivity contribution in [2.24, 2.45) is 14.1 Å². The summed E-state index contributed by atoms with van der Waals surface area (Å²) in [4.78, 5) is 49.5. The van der Waals surface area contributed by atoms with Gasteiger partial charge in [0.15, 0.2) is 0 Å². The molecule has 0 aliphatic heterocycles. The van der Waals surface area contributed by atoms with Crippen molar-refractivity contribution in [1.82, 2.24) is 19.8 Å². The Morgan fingerprint density at radius 1 is 0.969 bits per heavy atom. The summed E-state index contributed by atoms with van der Waals surface area (Å²) in [5, 5.41) is 5.23. The summed E-state index contributed by atoms with van der Waals surface area (Å²) in [7, 11) is 2.85. The first-order valence-corrected chi connectivity index (χ1v) is 9.91. The second kappa shape index (κ2) is 9.86. The molecule has 0 saturated carbocycles. The van der Waals surface area contributed by atoms with E-state index < -0.39 is 34.9 Å². The standard InChI is InChI=1S/C23H23FN4O4/c1-27-16(13-20(29)28(2)23(27)32)14-25-22(31)19(12-15-8-4-3-5-9-15)26-21(30)17-10-6-7-11-18(17)24/h3-11,13,19H,12,14H2,1-2H3,(H,25,31)(H,26,30)/t19-/m1/s1. The van der Waals surface area contributed by atoms with Gasteiger partial charge in [-0.3, -0.25) is 23.5 Å². The Morgan fingerprint density at radius 2 is 1.62 bits per heavy atom. The van der Waals surface area contributed by atoms with E-state index in [2.05, 4.69) is 10.6 Å². The van der Waals surface area contributed by atoms with Gasteiger partial charge in [0.2, 0.25) is 5.91 Å². The molecule has 9 heteroatoms. The normalized spacial score (nSPS) is 11.6. The number of carbonyl (C=O) groups is 2. The molecule has 2 amide bonds. The molecule has 1 aromatic heterocycles. The molecule has 3 aromatic rings. The number of rotatable bonds is 7. The van der Waals surface area contributed by atoms with E-state index in [0.717, 1.165) is 16.2 Å². The van der Waals surface area contributed by atoms with Crippen LogP contribution in [0, 0.1) is 5.82 Å². The van der Waals surface area contributed by atoms with E-state index in [0.29, 0.717) is 5.69 Å². The quantitative estimate of drug-likeness (QED) is 0.572. The van der Waals surface area contributed by atoms with Gasteiger partial charge in [-0.15, -0.1) is 0 Å². The molecule has 2 N–H and O–H groups in total. The topological polar surface area (TPSA) is 102 Å². The van der Waals surface area contributed by atoms with Crippen molar-refractivity contribution < 1.29 is 14.0 Å². The van der Waals surface area contributed by atoms with Crippen LogP contribution in [0.4, 0.5) is 4.39 Å². The van der Waals surface area contributed by atoms with Crippen LogP contribution in [0.3, 0.4) is 0 Å². The molecule has 1 heterocycles. The number of benzene rings is 2. The van der Waals surface area contributed by atoms with Crippen LogP contribution in [0.25, 0.3) is 0 Å². The number of hydrogen-bond donors (Lipinski definition) is 2. The van der Waals surface area contributed by atoms with Gasteiger partial charge in [0.25, 0.3) is 11.5 Å². The summed E-state index contributed by atoms with van der Waals surface area (Å²) in [5.41, 5.74) is -0.0819. The highest BCUT2D eigenvalue weighted by Crippen LogP contribution is 2.09. The predicted octanol–water partition coefficient (Wildman–Crippen LogP) is 0.881. The monoisotopic (exact) mass is 438 g/mol. The SMILES string of the molecule is Cn1c(CNC(=O)[C@@H](Cc2ccccc2)NC(=O)c2ccccc2F)cc(=O)n(C)c1=O. The zero-order chi connectivity index (χ0) is 23.3. The predicted molar refractivity (Wildman–Crippen MR) is 117 cm³/mol. The number of carbonyl (C=O) groups excluding carboxylic acids is 2.